The van der Waals surface area contributed by atoms with Gasteiger partial charge in [-0.2, -0.15) is 4.72 Å². The van der Waals surface area contributed by atoms with E-state index in [1.165, 1.54) is 25.1 Å². The van der Waals surface area contributed by atoms with Gasteiger partial charge in [0.05, 0.1) is 6.04 Å². The van der Waals surface area contributed by atoms with Crippen molar-refractivity contribution in [1.29, 1.82) is 0 Å². The fourth-order valence-electron chi connectivity index (χ4n) is 2.47. The lowest BCUT2D eigenvalue weighted by Gasteiger charge is -2.14. The van der Waals surface area contributed by atoms with Crippen molar-refractivity contribution >= 4 is 33.0 Å². The zero-order valence-corrected chi connectivity index (χ0v) is 17.1. The monoisotopic (exact) mass is 434 g/mol. The second kappa shape index (κ2) is 9.17. The lowest BCUT2D eigenvalue weighted by molar-refractivity contribution is -0.117. The number of hydrogen-bond acceptors (Lipinski definition) is 5. The number of thiophene rings is 1. The number of halogens is 1. The average Bonchev–Trinajstić information content (AvgIpc) is 3.22. The van der Waals surface area contributed by atoms with Crippen LogP contribution in [-0.2, 0) is 21.4 Å². The van der Waals surface area contributed by atoms with Crippen LogP contribution in [-0.4, -0.2) is 20.4 Å². The second-order valence-electron chi connectivity index (χ2n) is 6.21. The molecule has 0 aliphatic heterocycles. The standard InChI is InChI=1S/C20H19FN2O4S2/c1-14(23-29(25,26)19-9-4-10-28-19)20(24)22-17-7-2-5-15(11-17)13-27-18-8-3-6-16(21)12-18/h2-12,14,23H,13H2,1H3,(H,22,24). The van der Waals surface area contributed by atoms with Crippen LogP contribution >= 0.6 is 11.3 Å². The molecule has 1 heterocycles. The van der Waals surface area contributed by atoms with Crippen molar-refractivity contribution in [2.45, 2.75) is 23.8 Å². The van der Waals surface area contributed by atoms with Crippen LogP contribution in [0.2, 0.25) is 0 Å². The van der Waals surface area contributed by atoms with Gasteiger partial charge in [0.1, 0.15) is 22.4 Å². The molecule has 0 saturated heterocycles. The molecule has 6 nitrogen and oxygen atoms in total. The van der Waals surface area contributed by atoms with Crippen LogP contribution in [0.3, 0.4) is 0 Å². The Labute approximate surface area is 172 Å². The smallest absolute Gasteiger partial charge is 0.250 e. The topological polar surface area (TPSA) is 84.5 Å². The van der Waals surface area contributed by atoms with Crippen molar-refractivity contribution in [2.75, 3.05) is 5.32 Å². The van der Waals surface area contributed by atoms with E-state index in [1.807, 2.05) is 0 Å². The molecule has 0 aliphatic rings. The minimum Gasteiger partial charge on any atom is -0.489 e. The Balaban J connectivity index is 1.59. The summed E-state index contributed by atoms with van der Waals surface area (Å²) in [5.74, 6) is -0.480. The highest BCUT2D eigenvalue weighted by atomic mass is 32.2. The molecule has 9 heteroatoms. The predicted octanol–water partition coefficient (Wildman–Crippen LogP) is 3.77. The third-order valence-electron chi connectivity index (χ3n) is 3.88. The Morgan fingerprint density at radius 3 is 2.66 bits per heavy atom. The minimum atomic E-state index is -3.75. The quantitative estimate of drug-likeness (QED) is 0.565. The van der Waals surface area contributed by atoms with Crippen molar-refractivity contribution < 1.29 is 22.3 Å². The molecule has 152 valence electrons. The Kier molecular flexibility index (Phi) is 6.63. The zero-order valence-electron chi connectivity index (χ0n) is 15.5. The van der Waals surface area contributed by atoms with Gasteiger partial charge >= 0.3 is 0 Å². The van der Waals surface area contributed by atoms with Crippen molar-refractivity contribution in [1.82, 2.24) is 4.72 Å². The Hall–Kier alpha value is -2.75. The maximum Gasteiger partial charge on any atom is 0.250 e. The van der Waals surface area contributed by atoms with Gasteiger partial charge in [0.15, 0.2) is 0 Å². The van der Waals surface area contributed by atoms with E-state index in [0.29, 0.717) is 11.4 Å². The molecule has 0 spiro atoms. The van der Waals surface area contributed by atoms with E-state index >= 15 is 0 Å². The first kappa shape index (κ1) is 21.0. The van der Waals surface area contributed by atoms with Crippen LogP contribution in [0.15, 0.2) is 70.3 Å². The first-order valence-electron chi connectivity index (χ1n) is 8.67. The van der Waals surface area contributed by atoms with E-state index in [2.05, 4.69) is 10.0 Å². The summed E-state index contributed by atoms with van der Waals surface area (Å²) in [6, 6.07) is 14.9. The van der Waals surface area contributed by atoms with Gasteiger partial charge in [-0.3, -0.25) is 4.79 Å². The Bertz CT molecular complexity index is 1090. The van der Waals surface area contributed by atoms with E-state index in [4.69, 9.17) is 4.74 Å². The van der Waals surface area contributed by atoms with Crippen molar-refractivity contribution in [2.24, 2.45) is 0 Å². The SMILES string of the molecule is CC(NS(=O)(=O)c1cccs1)C(=O)Nc1cccc(COc2cccc(F)c2)c1. The van der Waals surface area contributed by atoms with Gasteiger partial charge in [0.2, 0.25) is 5.91 Å². The number of ether oxygens (including phenoxy) is 1. The summed E-state index contributed by atoms with van der Waals surface area (Å²) in [7, 11) is -3.75. The van der Waals surface area contributed by atoms with E-state index in [-0.39, 0.29) is 16.6 Å². The van der Waals surface area contributed by atoms with E-state index in [9.17, 15) is 17.6 Å². The third-order valence-corrected chi connectivity index (χ3v) is 6.82. The summed E-state index contributed by atoms with van der Waals surface area (Å²) in [6.45, 7) is 1.66. The lowest BCUT2D eigenvalue weighted by Crippen LogP contribution is -2.41. The third kappa shape index (κ3) is 5.86. The molecule has 0 fully saturated rings. The number of carbonyl (C=O) groups is 1. The number of rotatable bonds is 8. The Morgan fingerprint density at radius 2 is 1.93 bits per heavy atom. The Morgan fingerprint density at radius 1 is 1.14 bits per heavy atom. The highest BCUT2D eigenvalue weighted by Crippen LogP contribution is 2.18. The van der Waals surface area contributed by atoms with E-state index in [1.54, 1.807) is 47.8 Å². The molecule has 0 bridgehead atoms. The summed E-state index contributed by atoms with van der Waals surface area (Å²) in [5.41, 5.74) is 1.26. The van der Waals surface area contributed by atoms with Crippen molar-refractivity contribution in [3.8, 4) is 5.75 Å². The van der Waals surface area contributed by atoms with Gasteiger partial charge in [-0.25, -0.2) is 12.8 Å². The molecule has 0 radical (unpaired) electrons. The van der Waals surface area contributed by atoms with Gasteiger partial charge in [-0.1, -0.05) is 24.3 Å². The van der Waals surface area contributed by atoms with Gasteiger partial charge in [0, 0.05) is 11.8 Å². The second-order valence-corrected chi connectivity index (χ2v) is 9.10. The average molecular weight is 435 g/mol. The van der Waals surface area contributed by atoms with E-state index in [0.717, 1.165) is 16.9 Å². The molecule has 0 saturated carbocycles. The maximum atomic E-state index is 13.2. The molecule has 0 aliphatic carbocycles. The van der Waals surface area contributed by atoms with Crippen LogP contribution in [0.5, 0.6) is 5.75 Å². The molecule has 2 aromatic carbocycles. The van der Waals surface area contributed by atoms with Crippen LogP contribution < -0.4 is 14.8 Å². The molecule has 3 aromatic rings. The molecule has 29 heavy (non-hydrogen) atoms. The molecule has 1 amide bonds. The molecule has 3 rings (SSSR count). The van der Waals surface area contributed by atoms with Crippen LogP contribution in [0.4, 0.5) is 10.1 Å². The fraction of sp³-hybridized carbons (Fsp3) is 0.150. The van der Waals surface area contributed by atoms with Crippen LogP contribution in [0.1, 0.15) is 12.5 Å². The number of carbonyl (C=O) groups excluding carboxylic acids is 1. The molecule has 1 aromatic heterocycles. The highest BCUT2D eigenvalue weighted by molar-refractivity contribution is 7.91. The minimum absolute atomic E-state index is 0.147. The summed E-state index contributed by atoms with van der Waals surface area (Å²) >= 11 is 1.07. The lowest BCUT2D eigenvalue weighted by atomic mass is 10.2. The number of anilines is 1. The predicted molar refractivity (Wildman–Crippen MR) is 110 cm³/mol. The summed E-state index contributed by atoms with van der Waals surface area (Å²) in [6.07, 6.45) is 0. The zero-order chi connectivity index (χ0) is 20.9. The maximum absolute atomic E-state index is 13.2. The molecule has 1 atom stereocenters. The summed E-state index contributed by atoms with van der Waals surface area (Å²) in [5, 5.41) is 4.33. The van der Waals surface area contributed by atoms with Crippen LogP contribution in [0.25, 0.3) is 0 Å². The van der Waals surface area contributed by atoms with Crippen LogP contribution in [0, 0.1) is 5.82 Å². The molecule has 1 unspecified atom stereocenters. The van der Waals surface area contributed by atoms with Gasteiger partial charge < -0.3 is 10.1 Å². The van der Waals surface area contributed by atoms with E-state index < -0.39 is 22.0 Å². The number of nitrogens with one attached hydrogen (secondary N) is 2. The van der Waals surface area contributed by atoms with Crippen molar-refractivity contribution in [3.05, 3.63) is 77.4 Å². The molecular weight excluding hydrogens is 415 g/mol. The van der Waals surface area contributed by atoms with Gasteiger partial charge in [-0.05, 0) is 48.2 Å². The number of hydrogen-bond donors (Lipinski definition) is 2. The van der Waals surface area contributed by atoms with Crippen molar-refractivity contribution in [3.63, 3.8) is 0 Å². The number of amides is 1. The number of benzene rings is 2. The fourth-order valence-corrected chi connectivity index (χ4v) is 4.69. The normalized spacial score (nSPS) is 12.3. The number of sulfonamides is 1. The van der Waals surface area contributed by atoms with Gasteiger partial charge in [0.25, 0.3) is 10.0 Å². The molecular formula is C20H19FN2O4S2. The summed E-state index contributed by atoms with van der Waals surface area (Å²) in [4.78, 5) is 12.4. The summed E-state index contributed by atoms with van der Waals surface area (Å²) < 4.78 is 45.7. The first-order chi connectivity index (χ1) is 13.8. The largest absolute Gasteiger partial charge is 0.489 e. The first-order valence-corrected chi connectivity index (χ1v) is 11.0. The van der Waals surface area contributed by atoms with Gasteiger partial charge in [-0.15, -0.1) is 11.3 Å². The molecule has 2 N–H and O–H groups in total. The highest BCUT2D eigenvalue weighted by Gasteiger charge is 2.22.